The van der Waals surface area contributed by atoms with Crippen LogP contribution in [0, 0.1) is 6.92 Å². The number of ether oxygens (including phenoxy) is 1. The number of hydrogen-bond acceptors (Lipinski definition) is 4. The second kappa shape index (κ2) is 8.03. The molecule has 1 heterocycles. The molecule has 2 aromatic carbocycles. The summed E-state index contributed by atoms with van der Waals surface area (Å²) in [5.41, 5.74) is 2.15. The summed E-state index contributed by atoms with van der Waals surface area (Å²) in [5, 5.41) is 8.29. The lowest BCUT2D eigenvalue weighted by atomic mass is 9.73. The molecule has 1 atom stereocenters. The zero-order chi connectivity index (χ0) is 20.4. The summed E-state index contributed by atoms with van der Waals surface area (Å²) in [6.45, 7) is 4.90. The minimum atomic E-state index is -3.80. The highest BCUT2D eigenvalue weighted by molar-refractivity contribution is 7.89. The minimum absolute atomic E-state index is 0.0328. The number of hydrogen-bond donors (Lipinski definition) is 2. The number of sulfonamides is 1. The van der Waals surface area contributed by atoms with E-state index in [1.54, 1.807) is 12.1 Å². The quantitative estimate of drug-likeness (QED) is 0.803. The second-order valence-corrected chi connectivity index (χ2v) is 8.93. The molecular weight excluding hydrogens is 376 g/mol. The molecule has 0 spiro atoms. The third-order valence-corrected chi connectivity index (χ3v) is 6.33. The molecule has 0 saturated carbocycles. The predicted molar refractivity (Wildman–Crippen MR) is 107 cm³/mol. The van der Waals surface area contributed by atoms with Crippen LogP contribution in [-0.4, -0.2) is 27.5 Å². The SMILES string of the molecule is Cc1ccc(C2(C(=O)NC(C)c3cccc(S(N)(=O)=O)c3)CCOCC2)cc1. The molecule has 0 aliphatic carbocycles. The number of rotatable bonds is 5. The summed E-state index contributed by atoms with van der Waals surface area (Å²) in [6.07, 6.45) is 1.21. The van der Waals surface area contributed by atoms with Crippen LogP contribution in [0.4, 0.5) is 0 Å². The Morgan fingerprint density at radius 1 is 1.14 bits per heavy atom. The Morgan fingerprint density at radius 2 is 1.79 bits per heavy atom. The van der Waals surface area contributed by atoms with Gasteiger partial charge in [0.1, 0.15) is 0 Å². The van der Waals surface area contributed by atoms with Gasteiger partial charge in [-0.3, -0.25) is 4.79 Å². The van der Waals surface area contributed by atoms with Crippen molar-refractivity contribution in [3.63, 3.8) is 0 Å². The summed E-state index contributed by atoms with van der Waals surface area (Å²) < 4.78 is 28.7. The molecule has 1 unspecified atom stereocenters. The third kappa shape index (κ3) is 4.27. The van der Waals surface area contributed by atoms with E-state index in [9.17, 15) is 13.2 Å². The molecule has 6 nitrogen and oxygen atoms in total. The van der Waals surface area contributed by atoms with Gasteiger partial charge in [-0.15, -0.1) is 0 Å². The Bertz CT molecular complexity index is 949. The first-order chi connectivity index (χ1) is 13.2. The van der Waals surface area contributed by atoms with Crippen LogP contribution in [0.5, 0.6) is 0 Å². The van der Waals surface area contributed by atoms with Gasteiger partial charge in [0, 0.05) is 13.2 Å². The number of primary sulfonamides is 1. The smallest absolute Gasteiger partial charge is 0.238 e. The zero-order valence-corrected chi connectivity index (χ0v) is 17.0. The maximum absolute atomic E-state index is 13.4. The Balaban J connectivity index is 1.87. The van der Waals surface area contributed by atoms with Crippen molar-refractivity contribution in [2.75, 3.05) is 13.2 Å². The van der Waals surface area contributed by atoms with Gasteiger partial charge in [0.15, 0.2) is 0 Å². The Morgan fingerprint density at radius 3 is 2.39 bits per heavy atom. The largest absolute Gasteiger partial charge is 0.381 e. The molecule has 1 saturated heterocycles. The van der Waals surface area contributed by atoms with E-state index < -0.39 is 15.4 Å². The number of carbonyl (C=O) groups is 1. The van der Waals surface area contributed by atoms with Crippen molar-refractivity contribution >= 4 is 15.9 Å². The topological polar surface area (TPSA) is 98.5 Å². The maximum atomic E-state index is 13.4. The second-order valence-electron chi connectivity index (χ2n) is 7.37. The first-order valence-corrected chi connectivity index (χ1v) is 10.9. The average molecular weight is 403 g/mol. The fourth-order valence-electron chi connectivity index (χ4n) is 3.62. The van der Waals surface area contributed by atoms with Gasteiger partial charge in [-0.1, -0.05) is 42.0 Å². The fourth-order valence-corrected chi connectivity index (χ4v) is 4.19. The van der Waals surface area contributed by atoms with Crippen molar-refractivity contribution in [3.8, 4) is 0 Å². The summed E-state index contributed by atoms with van der Waals surface area (Å²) in [4.78, 5) is 13.4. The third-order valence-electron chi connectivity index (χ3n) is 5.42. The number of amides is 1. The first kappa shape index (κ1) is 20.5. The van der Waals surface area contributed by atoms with Crippen LogP contribution in [0.1, 0.15) is 42.5 Å². The van der Waals surface area contributed by atoms with Gasteiger partial charge >= 0.3 is 0 Å². The monoisotopic (exact) mass is 402 g/mol. The Labute approximate surface area is 166 Å². The van der Waals surface area contributed by atoms with E-state index in [0.717, 1.165) is 11.1 Å². The lowest BCUT2D eigenvalue weighted by Gasteiger charge is -2.37. The van der Waals surface area contributed by atoms with Crippen LogP contribution >= 0.6 is 0 Å². The van der Waals surface area contributed by atoms with Crippen LogP contribution in [0.3, 0.4) is 0 Å². The number of nitrogens with one attached hydrogen (secondary N) is 1. The van der Waals surface area contributed by atoms with Crippen molar-refractivity contribution in [1.29, 1.82) is 0 Å². The minimum Gasteiger partial charge on any atom is -0.381 e. The van der Waals surface area contributed by atoms with E-state index in [2.05, 4.69) is 5.32 Å². The van der Waals surface area contributed by atoms with Crippen molar-refractivity contribution in [3.05, 3.63) is 65.2 Å². The van der Waals surface area contributed by atoms with Crippen molar-refractivity contribution in [2.24, 2.45) is 5.14 Å². The van der Waals surface area contributed by atoms with E-state index in [4.69, 9.17) is 9.88 Å². The molecule has 3 N–H and O–H groups in total. The van der Waals surface area contributed by atoms with Gasteiger partial charge in [0.05, 0.1) is 16.4 Å². The van der Waals surface area contributed by atoms with Crippen LogP contribution in [-0.2, 0) is 25.0 Å². The summed E-state index contributed by atoms with van der Waals surface area (Å²) in [6, 6.07) is 14.0. The van der Waals surface area contributed by atoms with E-state index in [1.165, 1.54) is 12.1 Å². The number of carbonyl (C=O) groups excluding carboxylic acids is 1. The molecule has 1 amide bonds. The van der Waals surface area contributed by atoms with Crippen molar-refractivity contribution < 1.29 is 17.9 Å². The van der Waals surface area contributed by atoms with Crippen LogP contribution in [0.25, 0.3) is 0 Å². The summed E-state index contributed by atoms with van der Waals surface area (Å²) in [7, 11) is -3.80. The standard InChI is InChI=1S/C21H26N2O4S/c1-15-6-8-18(9-7-15)21(10-12-27-13-11-21)20(24)23-16(2)17-4-3-5-19(14-17)28(22,25)26/h3-9,14,16H,10-13H2,1-2H3,(H,23,24)(H2,22,25,26). The molecular formula is C21H26N2O4S. The molecule has 3 rings (SSSR count). The molecule has 1 aliphatic heterocycles. The molecule has 28 heavy (non-hydrogen) atoms. The number of aryl methyl sites for hydroxylation is 1. The van der Waals surface area contributed by atoms with E-state index in [0.29, 0.717) is 31.6 Å². The van der Waals surface area contributed by atoms with Gasteiger partial charge in [-0.05, 0) is 49.9 Å². The lowest BCUT2D eigenvalue weighted by molar-refractivity contribution is -0.131. The van der Waals surface area contributed by atoms with E-state index >= 15 is 0 Å². The molecule has 1 aliphatic rings. The van der Waals surface area contributed by atoms with E-state index in [-0.39, 0.29) is 16.8 Å². The number of nitrogens with two attached hydrogens (primary N) is 1. The van der Waals surface area contributed by atoms with Gasteiger partial charge in [0.25, 0.3) is 0 Å². The summed E-state index contributed by atoms with van der Waals surface area (Å²) >= 11 is 0. The molecule has 150 valence electrons. The Hall–Kier alpha value is -2.22. The first-order valence-electron chi connectivity index (χ1n) is 9.31. The Kier molecular flexibility index (Phi) is 5.88. The maximum Gasteiger partial charge on any atom is 0.238 e. The molecule has 0 bridgehead atoms. The average Bonchev–Trinajstić information content (AvgIpc) is 2.68. The van der Waals surface area contributed by atoms with E-state index in [1.807, 2.05) is 38.1 Å². The molecule has 2 aromatic rings. The molecule has 7 heteroatoms. The highest BCUT2D eigenvalue weighted by atomic mass is 32.2. The van der Waals surface area contributed by atoms with Crippen LogP contribution in [0.15, 0.2) is 53.4 Å². The van der Waals surface area contributed by atoms with Gasteiger partial charge in [-0.25, -0.2) is 13.6 Å². The highest BCUT2D eigenvalue weighted by Gasteiger charge is 2.42. The molecule has 0 radical (unpaired) electrons. The van der Waals surface area contributed by atoms with Crippen LogP contribution in [0.2, 0.25) is 0 Å². The van der Waals surface area contributed by atoms with Crippen molar-refractivity contribution in [2.45, 2.75) is 43.0 Å². The van der Waals surface area contributed by atoms with Gasteiger partial charge in [0.2, 0.25) is 15.9 Å². The molecule has 0 aromatic heterocycles. The van der Waals surface area contributed by atoms with Crippen LogP contribution < -0.4 is 10.5 Å². The summed E-state index contributed by atoms with van der Waals surface area (Å²) in [5.74, 6) is -0.0758. The highest BCUT2D eigenvalue weighted by Crippen LogP contribution is 2.36. The molecule has 1 fully saturated rings. The predicted octanol–water partition coefficient (Wildman–Crippen LogP) is 2.57. The normalized spacial score (nSPS) is 17.7. The van der Waals surface area contributed by atoms with Gasteiger partial charge in [-0.2, -0.15) is 0 Å². The number of benzene rings is 2. The van der Waals surface area contributed by atoms with Crippen molar-refractivity contribution in [1.82, 2.24) is 5.32 Å². The van der Waals surface area contributed by atoms with Gasteiger partial charge < -0.3 is 10.1 Å². The fraction of sp³-hybridized carbons (Fsp3) is 0.381. The lowest BCUT2D eigenvalue weighted by Crippen LogP contribution is -2.48. The zero-order valence-electron chi connectivity index (χ0n) is 16.1.